The fourth-order valence-corrected chi connectivity index (χ4v) is 3.91. The molecular formula is C22H28ClN3O3. The molecule has 1 atom stereocenters. The molecule has 6 nitrogen and oxygen atoms in total. The van der Waals surface area contributed by atoms with Crippen molar-refractivity contribution < 1.29 is 14.3 Å². The van der Waals surface area contributed by atoms with Crippen LogP contribution >= 0.6 is 11.6 Å². The first-order valence-corrected chi connectivity index (χ1v) is 10.1. The molecule has 0 saturated carbocycles. The maximum atomic E-state index is 13.0. The summed E-state index contributed by atoms with van der Waals surface area (Å²) in [4.78, 5) is 17.3. The van der Waals surface area contributed by atoms with Gasteiger partial charge in [-0.2, -0.15) is 0 Å². The summed E-state index contributed by atoms with van der Waals surface area (Å²) in [6, 6.07) is 13.7. The molecule has 1 aliphatic heterocycles. The Bertz CT molecular complexity index is 832. The number of carbonyl (C=O) groups is 1. The highest BCUT2D eigenvalue weighted by molar-refractivity contribution is 6.32. The number of halogens is 1. The normalized spacial score (nSPS) is 17.5. The van der Waals surface area contributed by atoms with E-state index in [9.17, 15) is 4.79 Å². The highest BCUT2D eigenvalue weighted by Gasteiger charge is 2.26. The fourth-order valence-electron chi connectivity index (χ4n) is 3.68. The second-order valence-electron chi connectivity index (χ2n) is 7.23. The van der Waals surface area contributed by atoms with Crippen LogP contribution in [0.4, 0.5) is 10.5 Å². The fraction of sp³-hybridized carbons (Fsp3) is 0.409. The van der Waals surface area contributed by atoms with Crippen LogP contribution in [0.2, 0.25) is 5.02 Å². The summed E-state index contributed by atoms with van der Waals surface area (Å²) >= 11 is 6.16. The number of anilines is 1. The molecule has 3 rings (SSSR count). The van der Waals surface area contributed by atoms with Gasteiger partial charge in [0, 0.05) is 44.4 Å². The van der Waals surface area contributed by atoms with Gasteiger partial charge in [-0.15, -0.1) is 0 Å². The molecule has 29 heavy (non-hydrogen) atoms. The van der Waals surface area contributed by atoms with Crippen LogP contribution in [0.25, 0.3) is 0 Å². The van der Waals surface area contributed by atoms with Crippen LogP contribution in [-0.4, -0.2) is 55.7 Å². The molecule has 1 fully saturated rings. The standard InChI is InChI=1S/C22H28ClN3O3/c1-16-14-25(15-17-8-5-4-6-9-17)10-7-11-26(16)22(27)24-19-13-20(28-2)18(23)12-21(19)29-3/h4-6,8-9,12-13,16H,7,10-11,14-15H2,1-3H3,(H,24,27)/t16-/m0/s1. The number of benzene rings is 2. The van der Waals surface area contributed by atoms with Gasteiger partial charge in [-0.25, -0.2) is 4.79 Å². The number of ether oxygens (including phenoxy) is 2. The average molecular weight is 418 g/mol. The van der Waals surface area contributed by atoms with E-state index in [1.165, 1.54) is 12.7 Å². The van der Waals surface area contributed by atoms with Gasteiger partial charge < -0.3 is 19.7 Å². The number of nitrogens with zero attached hydrogens (tertiary/aromatic N) is 2. The maximum Gasteiger partial charge on any atom is 0.322 e. The van der Waals surface area contributed by atoms with E-state index in [-0.39, 0.29) is 12.1 Å². The number of amides is 2. The highest BCUT2D eigenvalue weighted by Crippen LogP contribution is 2.36. The van der Waals surface area contributed by atoms with Gasteiger partial charge in [0.15, 0.2) is 0 Å². The molecular weight excluding hydrogens is 390 g/mol. The van der Waals surface area contributed by atoms with Crippen molar-refractivity contribution in [1.82, 2.24) is 9.80 Å². The summed E-state index contributed by atoms with van der Waals surface area (Å²) < 4.78 is 10.6. The number of rotatable bonds is 5. The van der Waals surface area contributed by atoms with Crippen molar-refractivity contribution >= 4 is 23.3 Å². The molecule has 2 aromatic carbocycles. The lowest BCUT2D eigenvalue weighted by atomic mass is 10.2. The Balaban J connectivity index is 1.68. The topological polar surface area (TPSA) is 54.0 Å². The SMILES string of the molecule is COc1cc(NC(=O)N2CCCN(Cc3ccccc3)C[C@@H]2C)c(OC)cc1Cl. The maximum absolute atomic E-state index is 13.0. The molecule has 2 amide bonds. The Labute approximate surface area is 177 Å². The molecule has 7 heteroatoms. The number of methoxy groups -OCH3 is 2. The summed E-state index contributed by atoms with van der Waals surface area (Å²) in [7, 11) is 3.08. The predicted molar refractivity (Wildman–Crippen MR) is 116 cm³/mol. The average Bonchev–Trinajstić information content (AvgIpc) is 2.90. The Morgan fingerprint density at radius 2 is 1.86 bits per heavy atom. The molecule has 0 aliphatic carbocycles. The van der Waals surface area contributed by atoms with E-state index < -0.39 is 0 Å². The molecule has 0 bridgehead atoms. The lowest BCUT2D eigenvalue weighted by Gasteiger charge is -2.29. The molecule has 1 heterocycles. The predicted octanol–water partition coefficient (Wildman–Crippen LogP) is 4.49. The number of carbonyl (C=O) groups excluding carboxylic acids is 1. The van der Waals surface area contributed by atoms with Gasteiger partial charge in [-0.3, -0.25) is 4.90 Å². The van der Waals surface area contributed by atoms with Crippen molar-refractivity contribution in [2.24, 2.45) is 0 Å². The van der Waals surface area contributed by atoms with Crippen molar-refractivity contribution in [3.05, 3.63) is 53.1 Å². The zero-order valence-corrected chi connectivity index (χ0v) is 17.9. The van der Waals surface area contributed by atoms with Gasteiger partial charge in [0.25, 0.3) is 0 Å². The number of hydrogen-bond acceptors (Lipinski definition) is 4. The summed E-state index contributed by atoms with van der Waals surface area (Å²) in [5.41, 5.74) is 1.83. The summed E-state index contributed by atoms with van der Waals surface area (Å²) in [6.07, 6.45) is 0.922. The van der Waals surface area contributed by atoms with E-state index in [4.69, 9.17) is 21.1 Å². The highest BCUT2D eigenvalue weighted by atomic mass is 35.5. The minimum absolute atomic E-state index is 0.0846. The monoisotopic (exact) mass is 417 g/mol. The van der Waals surface area contributed by atoms with Gasteiger partial charge in [0.1, 0.15) is 11.5 Å². The molecule has 1 N–H and O–H groups in total. The van der Waals surface area contributed by atoms with Gasteiger partial charge in [0.2, 0.25) is 0 Å². The van der Waals surface area contributed by atoms with Crippen LogP contribution in [0.15, 0.2) is 42.5 Å². The molecule has 1 aliphatic rings. The minimum atomic E-state index is -0.151. The quantitative estimate of drug-likeness (QED) is 0.779. The van der Waals surface area contributed by atoms with Crippen molar-refractivity contribution in [3.63, 3.8) is 0 Å². The van der Waals surface area contributed by atoms with E-state index in [1.54, 1.807) is 19.2 Å². The van der Waals surface area contributed by atoms with E-state index in [0.29, 0.717) is 28.8 Å². The smallest absolute Gasteiger partial charge is 0.322 e. The van der Waals surface area contributed by atoms with Crippen molar-refractivity contribution in [2.45, 2.75) is 25.9 Å². The van der Waals surface area contributed by atoms with Gasteiger partial charge in [0.05, 0.1) is 24.9 Å². The Hall–Kier alpha value is -2.44. The van der Waals surface area contributed by atoms with Crippen LogP contribution in [0.5, 0.6) is 11.5 Å². The zero-order chi connectivity index (χ0) is 20.8. The summed E-state index contributed by atoms with van der Waals surface area (Å²) in [5, 5.41) is 3.39. The van der Waals surface area contributed by atoms with Crippen molar-refractivity contribution in [2.75, 3.05) is 39.2 Å². The first-order chi connectivity index (χ1) is 14.0. The third-order valence-corrected chi connectivity index (χ3v) is 5.45. The van der Waals surface area contributed by atoms with E-state index in [2.05, 4.69) is 41.4 Å². The third kappa shape index (κ3) is 5.34. The Morgan fingerprint density at radius 3 is 2.55 bits per heavy atom. The molecule has 0 aromatic heterocycles. The first kappa shape index (κ1) is 21.3. The molecule has 0 spiro atoms. The number of hydrogen-bond donors (Lipinski definition) is 1. The second kappa shape index (κ2) is 9.85. The van der Waals surface area contributed by atoms with E-state index in [0.717, 1.165) is 26.1 Å². The van der Waals surface area contributed by atoms with Crippen molar-refractivity contribution in [3.8, 4) is 11.5 Å². The van der Waals surface area contributed by atoms with Crippen LogP contribution in [-0.2, 0) is 6.54 Å². The lowest BCUT2D eigenvalue weighted by Crippen LogP contribution is -2.44. The van der Waals surface area contributed by atoms with E-state index in [1.807, 2.05) is 11.0 Å². The number of urea groups is 1. The summed E-state index contributed by atoms with van der Waals surface area (Å²) in [5.74, 6) is 0.984. The summed E-state index contributed by atoms with van der Waals surface area (Å²) in [6.45, 7) is 5.46. The van der Waals surface area contributed by atoms with Crippen LogP contribution < -0.4 is 14.8 Å². The Morgan fingerprint density at radius 1 is 1.14 bits per heavy atom. The molecule has 0 unspecified atom stereocenters. The number of nitrogens with one attached hydrogen (secondary N) is 1. The third-order valence-electron chi connectivity index (χ3n) is 5.15. The lowest BCUT2D eigenvalue weighted by molar-refractivity contribution is 0.184. The van der Waals surface area contributed by atoms with E-state index >= 15 is 0 Å². The zero-order valence-electron chi connectivity index (χ0n) is 17.2. The van der Waals surface area contributed by atoms with Gasteiger partial charge in [-0.05, 0) is 18.9 Å². The van der Waals surface area contributed by atoms with Crippen LogP contribution in [0.1, 0.15) is 18.9 Å². The van der Waals surface area contributed by atoms with Crippen LogP contribution in [0.3, 0.4) is 0 Å². The van der Waals surface area contributed by atoms with Gasteiger partial charge in [-0.1, -0.05) is 41.9 Å². The van der Waals surface area contributed by atoms with Gasteiger partial charge >= 0.3 is 6.03 Å². The molecule has 1 saturated heterocycles. The van der Waals surface area contributed by atoms with Crippen molar-refractivity contribution in [1.29, 1.82) is 0 Å². The largest absolute Gasteiger partial charge is 0.495 e. The second-order valence-corrected chi connectivity index (χ2v) is 7.64. The molecule has 0 radical (unpaired) electrons. The minimum Gasteiger partial charge on any atom is -0.495 e. The van der Waals surface area contributed by atoms with Crippen LogP contribution in [0, 0.1) is 0 Å². The first-order valence-electron chi connectivity index (χ1n) is 9.77. The molecule has 156 valence electrons. The molecule has 2 aromatic rings. The Kier molecular flexibility index (Phi) is 7.23.